The highest BCUT2D eigenvalue weighted by atomic mass is 79.9. The average Bonchev–Trinajstić information content (AvgIpc) is 2.21. The van der Waals surface area contributed by atoms with E-state index in [-0.39, 0.29) is 5.60 Å². The Morgan fingerprint density at radius 2 is 2.12 bits per heavy atom. The molecule has 0 saturated heterocycles. The number of halogens is 2. The van der Waals surface area contributed by atoms with Crippen LogP contribution in [0.2, 0.25) is 0 Å². The highest BCUT2D eigenvalue weighted by molar-refractivity contribution is 9.11. The maximum absolute atomic E-state index is 5.61. The maximum atomic E-state index is 5.61. The lowest BCUT2D eigenvalue weighted by Crippen LogP contribution is -2.37. The average molecular weight is 366 g/mol. The van der Waals surface area contributed by atoms with Gasteiger partial charge in [-0.15, -0.1) is 0 Å². The number of aromatic nitrogens is 1. The summed E-state index contributed by atoms with van der Waals surface area (Å²) in [6.07, 6.45) is 1.80. The highest BCUT2D eigenvalue weighted by Gasteiger charge is 2.16. The second kappa shape index (κ2) is 6.83. The Bertz CT molecular complexity index is 370. The molecule has 1 rings (SSSR count). The molecule has 3 nitrogen and oxygen atoms in total. The van der Waals surface area contributed by atoms with Gasteiger partial charge in [0.2, 0.25) is 0 Å². The van der Waals surface area contributed by atoms with E-state index in [4.69, 9.17) is 4.74 Å². The first-order valence-electron chi connectivity index (χ1n) is 5.59. The van der Waals surface area contributed by atoms with Crippen LogP contribution in [-0.2, 0) is 11.3 Å². The molecule has 0 aromatic carbocycles. The van der Waals surface area contributed by atoms with Crippen molar-refractivity contribution in [3.05, 3.63) is 26.9 Å². The van der Waals surface area contributed by atoms with Gasteiger partial charge in [0, 0.05) is 34.8 Å². The normalized spacial score (nSPS) is 11.8. The van der Waals surface area contributed by atoms with Gasteiger partial charge in [-0.05, 0) is 58.7 Å². The van der Waals surface area contributed by atoms with Crippen molar-refractivity contribution in [2.75, 3.05) is 13.2 Å². The number of nitrogens with one attached hydrogen (secondary N) is 1. The summed E-state index contributed by atoms with van der Waals surface area (Å²) in [5.41, 5.74) is 0.858. The Labute approximate surface area is 120 Å². The molecule has 0 unspecified atom stereocenters. The minimum atomic E-state index is -0.142. The molecule has 0 atom stereocenters. The number of hydrogen-bond acceptors (Lipinski definition) is 3. The molecule has 1 aromatic heterocycles. The SMILES string of the molecule is CCOC(C)(C)CNCc1ncc(Br)cc1Br. The van der Waals surface area contributed by atoms with Gasteiger partial charge in [-0.1, -0.05) is 0 Å². The van der Waals surface area contributed by atoms with Crippen molar-refractivity contribution in [2.24, 2.45) is 0 Å². The summed E-state index contributed by atoms with van der Waals surface area (Å²) in [7, 11) is 0. The first-order valence-corrected chi connectivity index (χ1v) is 7.18. The predicted molar refractivity (Wildman–Crippen MR) is 77.0 cm³/mol. The minimum Gasteiger partial charge on any atom is -0.375 e. The molecule has 0 fully saturated rings. The van der Waals surface area contributed by atoms with Crippen molar-refractivity contribution in [3.63, 3.8) is 0 Å². The van der Waals surface area contributed by atoms with Crippen molar-refractivity contribution in [1.82, 2.24) is 10.3 Å². The van der Waals surface area contributed by atoms with Crippen molar-refractivity contribution in [3.8, 4) is 0 Å². The fourth-order valence-electron chi connectivity index (χ4n) is 1.50. The largest absolute Gasteiger partial charge is 0.375 e. The third-order valence-corrected chi connectivity index (χ3v) is 3.38. The van der Waals surface area contributed by atoms with E-state index in [0.29, 0.717) is 0 Å². The van der Waals surface area contributed by atoms with Gasteiger partial charge in [-0.2, -0.15) is 0 Å². The van der Waals surface area contributed by atoms with Crippen molar-refractivity contribution >= 4 is 31.9 Å². The number of nitrogens with zero attached hydrogens (tertiary/aromatic N) is 1. The van der Waals surface area contributed by atoms with Crippen LogP contribution in [0.5, 0.6) is 0 Å². The molecule has 0 aliphatic carbocycles. The van der Waals surface area contributed by atoms with E-state index < -0.39 is 0 Å². The molecule has 1 aromatic rings. The van der Waals surface area contributed by atoms with Gasteiger partial charge >= 0.3 is 0 Å². The smallest absolute Gasteiger partial charge is 0.0750 e. The molecule has 0 radical (unpaired) electrons. The Balaban J connectivity index is 2.46. The lowest BCUT2D eigenvalue weighted by Gasteiger charge is -2.25. The highest BCUT2D eigenvalue weighted by Crippen LogP contribution is 2.19. The van der Waals surface area contributed by atoms with Crippen LogP contribution in [0.25, 0.3) is 0 Å². The van der Waals surface area contributed by atoms with Crippen molar-refractivity contribution in [2.45, 2.75) is 32.9 Å². The Kier molecular flexibility index (Phi) is 6.06. The number of pyridine rings is 1. The summed E-state index contributed by atoms with van der Waals surface area (Å²) in [5.74, 6) is 0. The zero-order chi connectivity index (χ0) is 12.9. The molecular weight excluding hydrogens is 348 g/mol. The molecule has 0 saturated carbocycles. The minimum absolute atomic E-state index is 0.142. The van der Waals surface area contributed by atoms with E-state index in [2.05, 4.69) is 56.0 Å². The van der Waals surface area contributed by atoms with Gasteiger partial charge in [0.25, 0.3) is 0 Å². The number of ether oxygens (including phenoxy) is 1. The summed E-state index contributed by atoms with van der Waals surface area (Å²) < 4.78 is 7.60. The molecule has 1 heterocycles. The van der Waals surface area contributed by atoms with Gasteiger partial charge in [0.05, 0.1) is 11.3 Å². The Hall–Kier alpha value is 0.0300. The summed E-state index contributed by atoms with van der Waals surface area (Å²) in [5, 5.41) is 3.35. The zero-order valence-electron chi connectivity index (χ0n) is 10.4. The van der Waals surface area contributed by atoms with Crippen LogP contribution in [0.3, 0.4) is 0 Å². The van der Waals surface area contributed by atoms with Gasteiger partial charge in [0.15, 0.2) is 0 Å². The summed E-state index contributed by atoms with van der Waals surface area (Å²) >= 11 is 6.88. The second-order valence-corrected chi connectivity index (χ2v) is 6.15. The molecular formula is C12H18Br2N2O. The van der Waals surface area contributed by atoms with Gasteiger partial charge in [0.1, 0.15) is 0 Å². The third-order valence-electron chi connectivity index (χ3n) is 2.26. The first kappa shape index (κ1) is 15.1. The van der Waals surface area contributed by atoms with Crippen molar-refractivity contribution < 1.29 is 4.74 Å². The van der Waals surface area contributed by atoms with E-state index >= 15 is 0 Å². The van der Waals surface area contributed by atoms with Crippen LogP contribution >= 0.6 is 31.9 Å². The van der Waals surface area contributed by atoms with E-state index in [0.717, 1.165) is 34.3 Å². The number of hydrogen-bond donors (Lipinski definition) is 1. The van der Waals surface area contributed by atoms with Crippen LogP contribution in [0.15, 0.2) is 21.2 Å². The van der Waals surface area contributed by atoms with Gasteiger partial charge in [-0.25, -0.2) is 0 Å². The molecule has 1 N–H and O–H groups in total. The molecule has 0 spiro atoms. The Morgan fingerprint density at radius 3 is 2.71 bits per heavy atom. The zero-order valence-corrected chi connectivity index (χ0v) is 13.6. The molecule has 0 bridgehead atoms. The van der Waals surface area contributed by atoms with Crippen LogP contribution in [-0.4, -0.2) is 23.7 Å². The lowest BCUT2D eigenvalue weighted by molar-refractivity contribution is -0.00902. The predicted octanol–water partition coefficient (Wildman–Crippen LogP) is 3.51. The first-order chi connectivity index (χ1) is 7.94. The topological polar surface area (TPSA) is 34.1 Å². The second-order valence-electron chi connectivity index (χ2n) is 4.38. The molecule has 0 aliphatic heterocycles. The molecule has 5 heteroatoms. The van der Waals surface area contributed by atoms with E-state index in [1.807, 2.05) is 13.0 Å². The Morgan fingerprint density at radius 1 is 1.41 bits per heavy atom. The van der Waals surface area contributed by atoms with Gasteiger partial charge in [-0.3, -0.25) is 4.98 Å². The number of rotatable bonds is 6. The molecule has 96 valence electrons. The molecule has 0 aliphatic rings. The van der Waals surface area contributed by atoms with Crippen LogP contribution in [0, 0.1) is 0 Å². The van der Waals surface area contributed by atoms with E-state index in [1.54, 1.807) is 6.20 Å². The van der Waals surface area contributed by atoms with E-state index in [9.17, 15) is 0 Å². The maximum Gasteiger partial charge on any atom is 0.0750 e. The van der Waals surface area contributed by atoms with Crippen LogP contribution in [0.1, 0.15) is 26.5 Å². The van der Waals surface area contributed by atoms with Crippen LogP contribution < -0.4 is 5.32 Å². The fourth-order valence-corrected chi connectivity index (χ4v) is 2.62. The van der Waals surface area contributed by atoms with E-state index in [1.165, 1.54) is 0 Å². The lowest BCUT2D eigenvalue weighted by atomic mass is 10.1. The van der Waals surface area contributed by atoms with Gasteiger partial charge < -0.3 is 10.1 Å². The molecule has 17 heavy (non-hydrogen) atoms. The third kappa shape index (κ3) is 5.46. The molecule has 0 amide bonds. The quantitative estimate of drug-likeness (QED) is 0.837. The fraction of sp³-hybridized carbons (Fsp3) is 0.583. The monoisotopic (exact) mass is 364 g/mol. The summed E-state index contributed by atoms with van der Waals surface area (Å²) in [6.45, 7) is 8.42. The summed E-state index contributed by atoms with van der Waals surface area (Å²) in [6, 6.07) is 2.00. The summed E-state index contributed by atoms with van der Waals surface area (Å²) in [4.78, 5) is 4.35. The standard InChI is InChI=1S/C12H18Br2N2O/c1-4-17-12(2,3)8-15-7-11-10(14)5-9(13)6-16-11/h5-6,15H,4,7-8H2,1-3H3. The van der Waals surface area contributed by atoms with Crippen LogP contribution in [0.4, 0.5) is 0 Å². The van der Waals surface area contributed by atoms with Crippen molar-refractivity contribution in [1.29, 1.82) is 0 Å².